The zero-order chi connectivity index (χ0) is 23.0. The summed E-state index contributed by atoms with van der Waals surface area (Å²) in [6, 6.07) is 22.0. The van der Waals surface area contributed by atoms with Gasteiger partial charge in [0.1, 0.15) is 5.82 Å². The number of aromatic nitrogens is 1. The molecule has 32 heavy (non-hydrogen) atoms. The number of fused-ring (bicyclic) bond motifs is 1. The van der Waals surface area contributed by atoms with Gasteiger partial charge >= 0.3 is 0 Å². The molecule has 0 fully saturated rings. The lowest BCUT2D eigenvalue weighted by Crippen LogP contribution is -2.21. The van der Waals surface area contributed by atoms with Crippen molar-refractivity contribution in [1.29, 1.82) is 0 Å². The number of amides is 1. The van der Waals surface area contributed by atoms with Crippen molar-refractivity contribution >= 4 is 34.2 Å². The number of hydrogen-bond acceptors (Lipinski definition) is 2. The number of halogens is 1. The van der Waals surface area contributed by atoms with Gasteiger partial charge in [0.25, 0.3) is 5.91 Å². The minimum absolute atomic E-state index is 0.00298. The highest BCUT2D eigenvalue weighted by Crippen LogP contribution is 2.30. The van der Waals surface area contributed by atoms with Gasteiger partial charge in [0.2, 0.25) is 0 Å². The van der Waals surface area contributed by atoms with Crippen LogP contribution in [-0.4, -0.2) is 10.5 Å². The highest BCUT2D eigenvalue weighted by molar-refractivity contribution is 6.30. The number of pyridine rings is 1. The van der Waals surface area contributed by atoms with E-state index in [4.69, 9.17) is 11.6 Å². The number of nitrogens with one attached hydrogen (secondary N) is 1. The summed E-state index contributed by atoms with van der Waals surface area (Å²) in [7, 11) is 1.84. The summed E-state index contributed by atoms with van der Waals surface area (Å²) in [4.78, 5) is 26.7. The maximum atomic E-state index is 13.5. The summed E-state index contributed by atoms with van der Waals surface area (Å²) in [5.74, 6) is 0.153. The standard InChI is InChI=1S/C27H25ClN2O2/c1-27(2,3)19-14-12-17(13-15-19)26(32)29-25-23(18-8-7-9-20(28)16-18)24(31)21-10-5-6-11-22(21)30(25)4/h5-16H,1-4H3,(H,29,32). The van der Waals surface area contributed by atoms with Gasteiger partial charge in [0.15, 0.2) is 5.43 Å². The topological polar surface area (TPSA) is 51.1 Å². The molecule has 0 unspecified atom stereocenters. The van der Waals surface area contributed by atoms with Gasteiger partial charge in [-0.05, 0) is 52.9 Å². The SMILES string of the molecule is Cn1c(NC(=O)c2ccc(C(C)(C)C)cc2)c(-c2cccc(Cl)c2)c(=O)c2ccccc21. The Labute approximate surface area is 192 Å². The van der Waals surface area contributed by atoms with Crippen LogP contribution in [0.2, 0.25) is 5.02 Å². The third-order valence-electron chi connectivity index (χ3n) is 5.67. The van der Waals surface area contributed by atoms with Crippen molar-refractivity contribution in [1.82, 2.24) is 4.57 Å². The van der Waals surface area contributed by atoms with E-state index in [-0.39, 0.29) is 16.8 Å². The molecule has 4 aromatic rings. The van der Waals surface area contributed by atoms with Crippen molar-refractivity contribution in [3.63, 3.8) is 0 Å². The number of aryl methyl sites for hydroxylation is 1. The fraction of sp³-hybridized carbons (Fsp3) is 0.185. The summed E-state index contributed by atoms with van der Waals surface area (Å²) in [5.41, 5.74) is 3.32. The average Bonchev–Trinajstić information content (AvgIpc) is 2.77. The first-order chi connectivity index (χ1) is 15.2. The summed E-state index contributed by atoms with van der Waals surface area (Å²) in [6.07, 6.45) is 0. The van der Waals surface area contributed by atoms with E-state index in [9.17, 15) is 9.59 Å². The van der Waals surface area contributed by atoms with Gasteiger partial charge in [0.05, 0.1) is 11.1 Å². The van der Waals surface area contributed by atoms with Gasteiger partial charge in [-0.2, -0.15) is 0 Å². The molecule has 1 aromatic heterocycles. The summed E-state index contributed by atoms with van der Waals surface area (Å²) >= 11 is 6.21. The van der Waals surface area contributed by atoms with E-state index < -0.39 is 0 Å². The molecule has 4 rings (SSSR count). The molecule has 0 saturated carbocycles. The molecule has 4 nitrogen and oxygen atoms in total. The van der Waals surface area contributed by atoms with Crippen LogP contribution in [0.5, 0.6) is 0 Å². The Kier molecular flexibility index (Phi) is 5.66. The molecule has 0 bridgehead atoms. The van der Waals surface area contributed by atoms with Crippen LogP contribution in [0.4, 0.5) is 5.82 Å². The van der Waals surface area contributed by atoms with Crippen molar-refractivity contribution in [2.24, 2.45) is 7.05 Å². The smallest absolute Gasteiger partial charge is 0.256 e. The van der Waals surface area contributed by atoms with E-state index >= 15 is 0 Å². The number of nitrogens with zero attached hydrogens (tertiary/aromatic N) is 1. The van der Waals surface area contributed by atoms with Gasteiger partial charge in [-0.3, -0.25) is 9.59 Å². The first-order valence-electron chi connectivity index (χ1n) is 10.5. The minimum atomic E-state index is -0.279. The average molecular weight is 445 g/mol. The second-order valence-electron chi connectivity index (χ2n) is 8.92. The monoisotopic (exact) mass is 444 g/mol. The number of rotatable bonds is 3. The lowest BCUT2D eigenvalue weighted by molar-refractivity contribution is 0.102. The quantitative estimate of drug-likeness (QED) is 0.397. The van der Waals surface area contributed by atoms with Crippen molar-refractivity contribution < 1.29 is 4.79 Å². The summed E-state index contributed by atoms with van der Waals surface area (Å²) < 4.78 is 1.84. The zero-order valence-corrected chi connectivity index (χ0v) is 19.3. The molecule has 1 amide bonds. The van der Waals surface area contributed by atoms with Gasteiger partial charge in [0, 0.05) is 23.0 Å². The van der Waals surface area contributed by atoms with Gasteiger partial charge < -0.3 is 9.88 Å². The van der Waals surface area contributed by atoms with E-state index in [1.807, 2.05) is 60.1 Å². The Morgan fingerprint density at radius 2 is 1.62 bits per heavy atom. The van der Waals surface area contributed by atoms with Crippen LogP contribution in [0.25, 0.3) is 22.0 Å². The number of carbonyl (C=O) groups is 1. The molecule has 1 heterocycles. The first kappa shape index (κ1) is 21.8. The molecule has 0 atom stereocenters. The molecule has 0 aliphatic rings. The van der Waals surface area contributed by atoms with Crippen LogP contribution >= 0.6 is 11.6 Å². The summed E-state index contributed by atoms with van der Waals surface area (Å²) in [5, 5.41) is 4.09. The van der Waals surface area contributed by atoms with Crippen LogP contribution in [0.3, 0.4) is 0 Å². The Morgan fingerprint density at radius 1 is 0.938 bits per heavy atom. The lowest BCUT2D eigenvalue weighted by atomic mass is 9.87. The number of carbonyl (C=O) groups excluding carboxylic acids is 1. The van der Waals surface area contributed by atoms with Crippen LogP contribution in [0.1, 0.15) is 36.7 Å². The fourth-order valence-corrected chi connectivity index (χ4v) is 4.04. The van der Waals surface area contributed by atoms with E-state index in [1.54, 1.807) is 24.3 Å². The molecule has 5 heteroatoms. The van der Waals surface area contributed by atoms with Crippen LogP contribution < -0.4 is 10.7 Å². The molecule has 0 aliphatic heterocycles. The predicted octanol–water partition coefficient (Wildman–Crippen LogP) is 6.41. The highest BCUT2D eigenvalue weighted by Gasteiger charge is 2.20. The molecule has 0 spiro atoms. The van der Waals surface area contributed by atoms with Crippen molar-refractivity contribution in [2.45, 2.75) is 26.2 Å². The molecule has 0 radical (unpaired) electrons. The Balaban J connectivity index is 1.86. The van der Waals surface area contributed by atoms with Crippen molar-refractivity contribution in [2.75, 3.05) is 5.32 Å². The molecule has 1 N–H and O–H groups in total. The minimum Gasteiger partial charge on any atom is -0.330 e. The van der Waals surface area contributed by atoms with Crippen molar-refractivity contribution in [3.8, 4) is 11.1 Å². The number of anilines is 1. The maximum absolute atomic E-state index is 13.5. The van der Waals surface area contributed by atoms with Gasteiger partial charge in [-0.1, -0.05) is 68.8 Å². The largest absolute Gasteiger partial charge is 0.330 e. The molecule has 162 valence electrons. The molecule has 0 aliphatic carbocycles. The maximum Gasteiger partial charge on any atom is 0.256 e. The third-order valence-corrected chi connectivity index (χ3v) is 5.90. The van der Waals surface area contributed by atoms with E-state index in [1.165, 1.54) is 0 Å². The normalized spacial score (nSPS) is 11.5. The molecular weight excluding hydrogens is 420 g/mol. The van der Waals surface area contributed by atoms with Gasteiger partial charge in [-0.25, -0.2) is 0 Å². The Bertz CT molecular complexity index is 1380. The molecule has 3 aromatic carbocycles. The van der Waals surface area contributed by atoms with E-state index in [2.05, 4.69) is 26.1 Å². The third kappa shape index (κ3) is 4.06. The highest BCUT2D eigenvalue weighted by atomic mass is 35.5. The fourth-order valence-electron chi connectivity index (χ4n) is 3.85. The Hall–Kier alpha value is -3.37. The second kappa shape index (κ2) is 8.29. The number of hydrogen-bond donors (Lipinski definition) is 1. The Morgan fingerprint density at radius 3 is 2.28 bits per heavy atom. The number of para-hydroxylation sites is 1. The van der Waals surface area contributed by atoms with Crippen LogP contribution in [0, 0.1) is 0 Å². The lowest BCUT2D eigenvalue weighted by Gasteiger charge is -2.20. The summed E-state index contributed by atoms with van der Waals surface area (Å²) in [6.45, 7) is 6.39. The van der Waals surface area contributed by atoms with E-state index in [0.29, 0.717) is 32.9 Å². The predicted molar refractivity (Wildman–Crippen MR) is 133 cm³/mol. The van der Waals surface area contributed by atoms with Crippen LogP contribution in [0.15, 0.2) is 77.6 Å². The van der Waals surface area contributed by atoms with Crippen molar-refractivity contribution in [3.05, 3.63) is 99.2 Å². The molecule has 0 saturated heterocycles. The van der Waals surface area contributed by atoms with E-state index in [0.717, 1.165) is 11.1 Å². The van der Waals surface area contributed by atoms with Crippen LogP contribution in [-0.2, 0) is 12.5 Å². The molecular formula is C27H25ClN2O2. The number of benzene rings is 3. The first-order valence-corrected chi connectivity index (χ1v) is 10.8. The zero-order valence-electron chi connectivity index (χ0n) is 18.6. The second-order valence-corrected chi connectivity index (χ2v) is 9.36. The van der Waals surface area contributed by atoms with Gasteiger partial charge in [-0.15, -0.1) is 0 Å².